The number of nitrogens with zero attached hydrogens (tertiary/aromatic N) is 4. The van der Waals surface area contributed by atoms with Gasteiger partial charge in [-0.2, -0.15) is 0 Å². The molecule has 3 heterocycles. The van der Waals surface area contributed by atoms with E-state index in [-0.39, 0.29) is 30.8 Å². The molecule has 0 saturated carbocycles. The van der Waals surface area contributed by atoms with Crippen LogP contribution in [-0.4, -0.2) is 53.7 Å². The molecule has 0 unspecified atom stereocenters. The summed E-state index contributed by atoms with van der Waals surface area (Å²) >= 11 is 2.76. The third kappa shape index (κ3) is 4.90. The smallest absolute Gasteiger partial charge is 0.270 e. The lowest BCUT2D eigenvalue weighted by Gasteiger charge is -2.24. The van der Waals surface area contributed by atoms with E-state index in [1.54, 1.807) is 17.0 Å². The van der Waals surface area contributed by atoms with Gasteiger partial charge in [0.2, 0.25) is 6.79 Å². The standard InChI is InChI=1S/C23H22N4O5S2.ClH/c1-3-25(4-2)7-8-26(23-24-16-11-17-18(32-13-31-17)12-20(16)34-23)22(28)21-10-14-9-15(27(29)30)5-6-19(14)33-21;/h5-6,9-12H,3-4,7-8,13H2,1-2H3;1H. The minimum atomic E-state index is -0.430. The Balaban J connectivity index is 0.00000289. The lowest BCUT2D eigenvalue weighted by Crippen LogP contribution is -2.38. The molecular weight excluding hydrogens is 512 g/mol. The molecule has 0 aliphatic carbocycles. The second-order valence-corrected chi connectivity index (χ2v) is 9.84. The highest BCUT2D eigenvalue weighted by molar-refractivity contribution is 7.23. The normalized spacial score (nSPS) is 12.3. The van der Waals surface area contributed by atoms with E-state index in [0.717, 1.165) is 28.0 Å². The number of hydrogen-bond acceptors (Lipinski definition) is 9. The predicted molar refractivity (Wildman–Crippen MR) is 141 cm³/mol. The molecular formula is C23H23ClN4O5S2. The summed E-state index contributed by atoms with van der Waals surface area (Å²) in [5, 5.41) is 12.4. The summed E-state index contributed by atoms with van der Waals surface area (Å²) < 4.78 is 12.7. The second kappa shape index (κ2) is 10.3. The van der Waals surface area contributed by atoms with Crippen molar-refractivity contribution in [2.75, 3.05) is 37.9 Å². The maximum absolute atomic E-state index is 13.7. The van der Waals surface area contributed by atoms with E-state index in [9.17, 15) is 14.9 Å². The number of amides is 1. The third-order valence-corrected chi connectivity index (χ3v) is 7.95. The van der Waals surface area contributed by atoms with Crippen molar-refractivity contribution in [3.63, 3.8) is 0 Å². The minimum absolute atomic E-state index is 0. The molecule has 0 N–H and O–H groups in total. The van der Waals surface area contributed by atoms with Gasteiger partial charge in [-0.25, -0.2) is 4.98 Å². The van der Waals surface area contributed by atoms with Crippen LogP contribution in [0, 0.1) is 10.1 Å². The largest absolute Gasteiger partial charge is 0.454 e. The van der Waals surface area contributed by atoms with Crippen LogP contribution in [0.3, 0.4) is 0 Å². The highest BCUT2D eigenvalue weighted by atomic mass is 35.5. The zero-order chi connectivity index (χ0) is 23.8. The number of nitro groups is 1. The van der Waals surface area contributed by atoms with Crippen molar-refractivity contribution in [3.05, 3.63) is 51.4 Å². The molecule has 2 aromatic carbocycles. The molecule has 9 nitrogen and oxygen atoms in total. The van der Waals surface area contributed by atoms with Gasteiger partial charge in [-0.1, -0.05) is 25.2 Å². The number of non-ortho nitro benzene ring substituents is 1. The first-order valence-electron chi connectivity index (χ1n) is 10.9. The van der Waals surface area contributed by atoms with Gasteiger partial charge in [0, 0.05) is 47.4 Å². The molecule has 2 aromatic heterocycles. The van der Waals surface area contributed by atoms with Gasteiger partial charge in [0.25, 0.3) is 11.6 Å². The van der Waals surface area contributed by atoms with Crippen LogP contribution < -0.4 is 14.4 Å². The van der Waals surface area contributed by atoms with Crippen LogP contribution in [0.1, 0.15) is 23.5 Å². The van der Waals surface area contributed by atoms with Gasteiger partial charge in [-0.3, -0.25) is 19.8 Å². The van der Waals surface area contributed by atoms with Crippen molar-refractivity contribution in [1.82, 2.24) is 9.88 Å². The van der Waals surface area contributed by atoms with Crippen LogP contribution in [-0.2, 0) is 0 Å². The highest BCUT2D eigenvalue weighted by Crippen LogP contribution is 2.40. The Morgan fingerprint density at radius 1 is 1.06 bits per heavy atom. The molecule has 0 fully saturated rings. The summed E-state index contributed by atoms with van der Waals surface area (Å²) in [5.41, 5.74) is 0.753. The summed E-state index contributed by atoms with van der Waals surface area (Å²) in [6.45, 7) is 7.31. The van der Waals surface area contributed by atoms with E-state index in [0.29, 0.717) is 40.0 Å². The van der Waals surface area contributed by atoms with E-state index in [1.165, 1.54) is 34.8 Å². The molecule has 1 aliphatic heterocycles. The first kappa shape index (κ1) is 25.1. The SMILES string of the molecule is CCN(CC)CCN(C(=O)c1cc2cc([N+](=O)[O-])ccc2s1)c1nc2cc3c(cc2s1)OCO3.Cl. The summed E-state index contributed by atoms with van der Waals surface area (Å²) in [7, 11) is 0. The van der Waals surface area contributed by atoms with Crippen LogP contribution >= 0.6 is 35.1 Å². The molecule has 1 amide bonds. The lowest BCUT2D eigenvalue weighted by atomic mass is 10.2. The molecule has 12 heteroatoms. The van der Waals surface area contributed by atoms with E-state index >= 15 is 0 Å². The van der Waals surface area contributed by atoms with E-state index in [1.807, 2.05) is 12.1 Å². The van der Waals surface area contributed by atoms with Gasteiger partial charge in [-0.05, 0) is 25.2 Å². The molecule has 4 aromatic rings. The number of hydrogen-bond donors (Lipinski definition) is 0. The van der Waals surface area contributed by atoms with E-state index in [2.05, 4.69) is 18.7 Å². The van der Waals surface area contributed by atoms with Crippen LogP contribution in [0.2, 0.25) is 0 Å². The minimum Gasteiger partial charge on any atom is -0.454 e. The third-order valence-electron chi connectivity index (χ3n) is 5.80. The first-order chi connectivity index (χ1) is 16.5. The number of likely N-dealkylation sites (N-methyl/N-ethyl adjacent to an activating group) is 1. The van der Waals surface area contributed by atoms with Gasteiger partial charge in [0.1, 0.15) is 0 Å². The van der Waals surface area contributed by atoms with Crippen molar-refractivity contribution >= 4 is 72.1 Å². The van der Waals surface area contributed by atoms with E-state index in [4.69, 9.17) is 14.5 Å². The van der Waals surface area contributed by atoms with Crippen LogP contribution in [0.15, 0.2) is 36.4 Å². The van der Waals surface area contributed by atoms with Crippen molar-refractivity contribution in [3.8, 4) is 11.5 Å². The van der Waals surface area contributed by atoms with Crippen molar-refractivity contribution < 1.29 is 19.2 Å². The molecule has 5 rings (SSSR count). The molecule has 0 saturated heterocycles. The van der Waals surface area contributed by atoms with Crippen molar-refractivity contribution in [2.45, 2.75) is 13.8 Å². The molecule has 0 bridgehead atoms. The Morgan fingerprint density at radius 2 is 1.80 bits per heavy atom. The molecule has 35 heavy (non-hydrogen) atoms. The summed E-state index contributed by atoms with van der Waals surface area (Å²) in [6, 6.07) is 10.1. The zero-order valence-corrected chi connectivity index (χ0v) is 21.5. The Labute approximate surface area is 215 Å². The van der Waals surface area contributed by atoms with Gasteiger partial charge < -0.3 is 14.4 Å². The topological polar surface area (TPSA) is 98.0 Å². The van der Waals surface area contributed by atoms with Gasteiger partial charge in [0.05, 0.1) is 20.0 Å². The number of nitro benzene ring substituents is 1. The highest BCUT2D eigenvalue weighted by Gasteiger charge is 2.25. The Hall–Kier alpha value is -2.99. The summed E-state index contributed by atoms with van der Waals surface area (Å²) in [5.74, 6) is 1.15. The number of anilines is 1. The number of carbonyl (C=O) groups excluding carboxylic acids is 1. The van der Waals surface area contributed by atoms with Gasteiger partial charge in [-0.15, -0.1) is 23.7 Å². The zero-order valence-electron chi connectivity index (χ0n) is 19.1. The maximum Gasteiger partial charge on any atom is 0.270 e. The number of benzene rings is 2. The molecule has 184 valence electrons. The van der Waals surface area contributed by atoms with Gasteiger partial charge >= 0.3 is 0 Å². The fraction of sp³-hybridized carbons (Fsp3) is 0.304. The number of thiophene rings is 1. The Kier molecular flexibility index (Phi) is 7.41. The first-order valence-corrected chi connectivity index (χ1v) is 12.5. The predicted octanol–water partition coefficient (Wildman–Crippen LogP) is 5.56. The fourth-order valence-electron chi connectivity index (χ4n) is 3.87. The molecule has 0 spiro atoms. The average molecular weight is 535 g/mol. The lowest BCUT2D eigenvalue weighted by molar-refractivity contribution is -0.384. The number of aromatic nitrogens is 1. The number of fused-ring (bicyclic) bond motifs is 3. The number of carbonyl (C=O) groups is 1. The number of rotatable bonds is 8. The summed E-state index contributed by atoms with van der Waals surface area (Å²) in [6.07, 6.45) is 0. The average Bonchev–Trinajstić information content (AvgIpc) is 3.56. The quantitative estimate of drug-likeness (QED) is 0.215. The van der Waals surface area contributed by atoms with Crippen molar-refractivity contribution in [2.24, 2.45) is 0 Å². The maximum atomic E-state index is 13.7. The molecule has 1 aliphatic rings. The van der Waals surface area contributed by atoms with Crippen LogP contribution in [0.4, 0.5) is 10.8 Å². The van der Waals surface area contributed by atoms with E-state index < -0.39 is 4.92 Å². The van der Waals surface area contributed by atoms with Crippen molar-refractivity contribution in [1.29, 1.82) is 0 Å². The number of thiazole rings is 1. The molecule has 0 radical (unpaired) electrons. The van der Waals surface area contributed by atoms with Crippen LogP contribution in [0.5, 0.6) is 11.5 Å². The van der Waals surface area contributed by atoms with Crippen LogP contribution in [0.25, 0.3) is 20.3 Å². The summed E-state index contributed by atoms with van der Waals surface area (Å²) in [4.78, 5) is 33.6. The number of ether oxygens (including phenoxy) is 2. The monoisotopic (exact) mass is 534 g/mol. The molecule has 0 atom stereocenters. The fourth-order valence-corrected chi connectivity index (χ4v) is 5.86. The van der Waals surface area contributed by atoms with Gasteiger partial charge in [0.15, 0.2) is 16.6 Å². The number of halogens is 1. The Bertz CT molecular complexity index is 1360. The second-order valence-electron chi connectivity index (χ2n) is 7.74. The Morgan fingerprint density at radius 3 is 2.51 bits per heavy atom.